The van der Waals surface area contributed by atoms with Gasteiger partial charge in [0.15, 0.2) is 0 Å². The lowest BCUT2D eigenvalue weighted by molar-refractivity contribution is 0.846. The fourth-order valence-electron chi connectivity index (χ4n) is 1.99. The van der Waals surface area contributed by atoms with Crippen LogP contribution in [0.25, 0.3) is 11.0 Å². The Hall–Kier alpha value is -1.51. The highest BCUT2D eigenvalue weighted by Gasteiger charge is 2.08. The van der Waals surface area contributed by atoms with Crippen molar-refractivity contribution < 1.29 is 0 Å². The molecule has 0 saturated heterocycles. The summed E-state index contributed by atoms with van der Waals surface area (Å²) in [5.74, 6) is 0.489. The Morgan fingerprint density at radius 1 is 1.20 bits per heavy atom. The number of hydrogen-bond donors (Lipinski definition) is 2. The molecule has 0 amide bonds. The van der Waals surface area contributed by atoms with Gasteiger partial charge in [0.1, 0.15) is 0 Å². The van der Waals surface area contributed by atoms with Gasteiger partial charge in [-0.1, -0.05) is 20.8 Å². The Bertz CT molecular complexity index is 534. The number of aryl methyl sites for hydroxylation is 1. The van der Waals surface area contributed by atoms with Crippen LogP contribution in [0.1, 0.15) is 37.8 Å². The molecule has 0 aliphatic carbocycles. The van der Waals surface area contributed by atoms with Crippen LogP contribution >= 0.6 is 0 Å². The van der Waals surface area contributed by atoms with Gasteiger partial charge >= 0.3 is 5.69 Å². The van der Waals surface area contributed by atoms with Gasteiger partial charge in [0.2, 0.25) is 0 Å². The average Bonchev–Trinajstić information content (AvgIpc) is 2.54. The molecular formula is C12H16N2O. The lowest BCUT2D eigenvalue weighted by atomic mass is 9.95. The van der Waals surface area contributed by atoms with E-state index in [2.05, 4.69) is 42.9 Å². The highest BCUT2D eigenvalue weighted by atomic mass is 16.1. The molecule has 3 nitrogen and oxygen atoms in total. The van der Waals surface area contributed by atoms with E-state index >= 15 is 0 Å². The second-order valence-electron chi connectivity index (χ2n) is 4.18. The standard InChI is InChI=1S/C12H16N2O/c1-4-8-5-10-11(14-12(15)13-10)6-9(8)7(2)3/h5-7H,4H2,1-3H3,(H2,13,14,15). The molecule has 2 aromatic rings. The van der Waals surface area contributed by atoms with Crippen LogP contribution in [0.15, 0.2) is 16.9 Å². The summed E-state index contributed by atoms with van der Waals surface area (Å²) in [5.41, 5.74) is 4.31. The number of benzene rings is 1. The Labute approximate surface area is 88.5 Å². The number of H-pyrrole nitrogens is 2. The molecule has 0 unspecified atom stereocenters. The Kier molecular flexibility index (Phi) is 2.39. The molecule has 1 heterocycles. The van der Waals surface area contributed by atoms with Crippen molar-refractivity contribution in [3.8, 4) is 0 Å². The molecule has 2 rings (SSSR count). The number of rotatable bonds is 2. The third-order valence-electron chi connectivity index (χ3n) is 2.78. The SMILES string of the molecule is CCc1cc2[nH]c(=O)[nH]c2cc1C(C)C. The number of aromatic amines is 2. The average molecular weight is 204 g/mol. The molecule has 0 saturated carbocycles. The van der Waals surface area contributed by atoms with Crippen molar-refractivity contribution in [1.82, 2.24) is 9.97 Å². The number of nitrogens with one attached hydrogen (secondary N) is 2. The van der Waals surface area contributed by atoms with E-state index in [0.29, 0.717) is 5.92 Å². The molecule has 0 radical (unpaired) electrons. The molecule has 15 heavy (non-hydrogen) atoms. The van der Waals surface area contributed by atoms with E-state index in [9.17, 15) is 4.79 Å². The van der Waals surface area contributed by atoms with E-state index in [0.717, 1.165) is 17.5 Å². The van der Waals surface area contributed by atoms with E-state index in [1.54, 1.807) is 0 Å². The largest absolute Gasteiger partial charge is 0.323 e. The molecule has 80 valence electrons. The topological polar surface area (TPSA) is 48.6 Å². The number of imidazole rings is 1. The predicted molar refractivity (Wildman–Crippen MR) is 62.4 cm³/mol. The Morgan fingerprint density at radius 2 is 1.80 bits per heavy atom. The van der Waals surface area contributed by atoms with Gasteiger partial charge in [0.05, 0.1) is 11.0 Å². The van der Waals surface area contributed by atoms with Crippen LogP contribution in [0, 0.1) is 0 Å². The summed E-state index contributed by atoms with van der Waals surface area (Å²) in [6.07, 6.45) is 0.997. The highest BCUT2D eigenvalue weighted by Crippen LogP contribution is 2.23. The van der Waals surface area contributed by atoms with Crippen LogP contribution in [-0.2, 0) is 6.42 Å². The molecule has 0 atom stereocenters. The summed E-state index contributed by atoms with van der Waals surface area (Å²) in [7, 11) is 0. The minimum atomic E-state index is -0.132. The van der Waals surface area contributed by atoms with Crippen molar-refractivity contribution in [3.05, 3.63) is 33.7 Å². The Morgan fingerprint density at radius 3 is 2.33 bits per heavy atom. The summed E-state index contributed by atoms with van der Waals surface area (Å²) in [6.45, 7) is 6.48. The fourth-order valence-corrected chi connectivity index (χ4v) is 1.99. The van der Waals surface area contributed by atoms with Crippen molar-refractivity contribution in [2.75, 3.05) is 0 Å². The minimum absolute atomic E-state index is 0.132. The molecule has 0 fully saturated rings. The van der Waals surface area contributed by atoms with Crippen LogP contribution in [-0.4, -0.2) is 9.97 Å². The summed E-state index contributed by atoms with van der Waals surface area (Å²) in [5, 5.41) is 0. The smallest absolute Gasteiger partial charge is 0.306 e. The first-order chi connectivity index (χ1) is 7.11. The molecule has 0 spiro atoms. The highest BCUT2D eigenvalue weighted by molar-refractivity contribution is 5.76. The van der Waals surface area contributed by atoms with Crippen LogP contribution < -0.4 is 5.69 Å². The van der Waals surface area contributed by atoms with Crippen molar-refractivity contribution in [2.45, 2.75) is 33.1 Å². The Balaban J connectivity index is 2.73. The van der Waals surface area contributed by atoms with Crippen molar-refractivity contribution >= 4 is 11.0 Å². The zero-order valence-electron chi connectivity index (χ0n) is 9.35. The van der Waals surface area contributed by atoms with Crippen molar-refractivity contribution in [1.29, 1.82) is 0 Å². The summed E-state index contributed by atoms with van der Waals surface area (Å²) in [4.78, 5) is 16.7. The van der Waals surface area contributed by atoms with Gasteiger partial charge in [-0.25, -0.2) is 4.79 Å². The fraction of sp³-hybridized carbons (Fsp3) is 0.417. The van der Waals surface area contributed by atoms with Gasteiger partial charge in [-0.3, -0.25) is 0 Å². The zero-order chi connectivity index (χ0) is 11.0. The summed E-state index contributed by atoms with van der Waals surface area (Å²) >= 11 is 0. The number of fused-ring (bicyclic) bond motifs is 1. The third-order valence-corrected chi connectivity index (χ3v) is 2.78. The maximum atomic E-state index is 11.2. The molecule has 3 heteroatoms. The number of hydrogen-bond acceptors (Lipinski definition) is 1. The lowest BCUT2D eigenvalue weighted by Crippen LogP contribution is -1.99. The second kappa shape index (κ2) is 3.57. The third kappa shape index (κ3) is 1.69. The van der Waals surface area contributed by atoms with E-state index in [1.165, 1.54) is 11.1 Å². The molecular weight excluding hydrogens is 188 g/mol. The van der Waals surface area contributed by atoms with Crippen molar-refractivity contribution in [3.63, 3.8) is 0 Å². The minimum Gasteiger partial charge on any atom is -0.306 e. The first-order valence-corrected chi connectivity index (χ1v) is 5.36. The van der Waals surface area contributed by atoms with E-state index < -0.39 is 0 Å². The van der Waals surface area contributed by atoms with Gasteiger partial charge < -0.3 is 9.97 Å². The molecule has 1 aromatic heterocycles. The molecule has 0 aliphatic rings. The normalized spacial score (nSPS) is 11.5. The van der Waals surface area contributed by atoms with Gasteiger partial charge in [0, 0.05) is 0 Å². The van der Waals surface area contributed by atoms with Crippen LogP contribution in [0.2, 0.25) is 0 Å². The lowest BCUT2D eigenvalue weighted by Gasteiger charge is -2.11. The molecule has 2 N–H and O–H groups in total. The zero-order valence-corrected chi connectivity index (χ0v) is 9.35. The van der Waals surface area contributed by atoms with Crippen LogP contribution in [0.4, 0.5) is 0 Å². The van der Waals surface area contributed by atoms with Gasteiger partial charge in [0.25, 0.3) is 0 Å². The van der Waals surface area contributed by atoms with Crippen LogP contribution in [0.3, 0.4) is 0 Å². The van der Waals surface area contributed by atoms with E-state index in [-0.39, 0.29) is 5.69 Å². The van der Waals surface area contributed by atoms with E-state index in [1.807, 2.05) is 0 Å². The first kappa shape index (κ1) is 10.0. The van der Waals surface area contributed by atoms with Crippen molar-refractivity contribution in [2.24, 2.45) is 0 Å². The number of aromatic nitrogens is 2. The van der Waals surface area contributed by atoms with E-state index in [4.69, 9.17) is 0 Å². The van der Waals surface area contributed by atoms with Gasteiger partial charge in [-0.05, 0) is 35.6 Å². The summed E-state index contributed by atoms with van der Waals surface area (Å²) in [6, 6.07) is 4.15. The maximum Gasteiger partial charge on any atom is 0.323 e. The molecule has 1 aromatic carbocycles. The predicted octanol–water partition coefficient (Wildman–Crippen LogP) is 2.54. The first-order valence-electron chi connectivity index (χ1n) is 5.36. The molecule has 0 bridgehead atoms. The quantitative estimate of drug-likeness (QED) is 0.776. The van der Waals surface area contributed by atoms with Gasteiger partial charge in [-0.2, -0.15) is 0 Å². The summed E-state index contributed by atoms with van der Waals surface area (Å²) < 4.78 is 0. The van der Waals surface area contributed by atoms with Gasteiger partial charge in [-0.15, -0.1) is 0 Å². The second-order valence-corrected chi connectivity index (χ2v) is 4.18. The maximum absolute atomic E-state index is 11.2. The van der Waals surface area contributed by atoms with Crippen LogP contribution in [0.5, 0.6) is 0 Å². The monoisotopic (exact) mass is 204 g/mol. The molecule has 0 aliphatic heterocycles.